The third kappa shape index (κ3) is 7.50. The Labute approximate surface area is 300 Å². The molecule has 1 amide bonds. The predicted octanol–water partition coefficient (Wildman–Crippen LogP) is 10.4. The molecule has 4 aromatic carbocycles. The summed E-state index contributed by atoms with van der Waals surface area (Å²) < 4.78 is 8.95. The number of hydrogen-bond donors (Lipinski definition) is 2. The smallest absolute Gasteiger partial charge is 0.255 e. The fraction of sp³-hybridized carbons (Fsp3) is 0.171. The molecule has 6 rings (SSSR count). The van der Waals surface area contributed by atoms with Crippen LogP contribution in [-0.4, -0.2) is 20.7 Å². The summed E-state index contributed by atoms with van der Waals surface area (Å²) >= 11 is 24.1. The van der Waals surface area contributed by atoms with Gasteiger partial charge in [0, 0.05) is 47.8 Å². The van der Waals surface area contributed by atoms with E-state index < -0.39 is 6.04 Å². The number of allylic oxidation sites excluding steroid dienone is 1. The van der Waals surface area contributed by atoms with E-state index in [2.05, 4.69) is 26.6 Å². The maximum absolute atomic E-state index is 14.2. The molecule has 240 valence electrons. The summed E-state index contributed by atoms with van der Waals surface area (Å²) in [5, 5.41) is 13.6. The van der Waals surface area contributed by atoms with Crippen molar-refractivity contribution in [3.05, 3.63) is 137 Å². The van der Waals surface area contributed by atoms with Crippen molar-refractivity contribution in [2.45, 2.75) is 44.3 Å². The van der Waals surface area contributed by atoms with Gasteiger partial charge < -0.3 is 15.4 Å². The molecule has 2 heterocycles. The van der Waals surface area contributed by atoms with Gasteiger partial charge in [-0.3, -0.25) is 4.79 Å². The number of carbonyl (C=O) groups excluding carboxylic acids is 1. The average molecular weight is 770 g/mol. The zero-order valence-corrected chi connectivity index (χ0v) is 30.2. The number of aromatic nitrogens is 3. The van der Waals surface area contributed by atoms with E-state index in [1.54, 1.807) is 16.8 Å². The van der Waals surface area contributed by atoms with Crippen LogP contribution in [0.3, 0.4) is 0 Å². The molecular formula is C35H29BrCl3N5O2S. The van der Waals surface area contributed by atoms with E-state index in [0.717, 1.165) is 32.4 Å². The molecule has 0 bridgehead atoms. The number of fused-ring (bicyclic) bond motifs is 1. The minimum Gasteiger partial charge on any atom is -0.488 e. The molecule has 1 atom stereocenters. The zero-order valence-electron chi connectivity index (χ0n) is 25.6. The van der Waals surface area contributed by atoms with Crippen LogP contribution < -0.4 is 15.4 Å². The number of hydrogen-bond acceptors (Lipinski definition) is 6. The Morgan fingerprint density at radius 1 is 0.979 bits per heavy atom. The second kappa shape index (κ2) is 14.3. The van der Waals surface area contributed by atoms with E-state index in [1.165, 1.54) is 11.8 Å². The van der Waals surface area contributed by atoms with Crippen molar-refractivity contribution in [2.24, 2.45) is 0 Å². The minimum absolute atomic E-state index is 0.186. The van der Waals surface area contributed by atoms with Crippen molar-refractivity contribution in [1.29, 1.82) is 0 Å². The summed E-state index contributed by atoms with van der Waals surface area (Å²) in [6.07, 6.45) is 0. The number of thioether (sulfide) groups is 1. The molecule has 5 aromatic rings. The summed E-state index contributed by atoms with van der Waals surface area (Å²) in [6.45, 7) is 6.04. The Morgan fingerprint density at radius 2 is 1.79 bits per heavy atom. The quantitative estimate of drug-likeness (QED) is 0.145. The number of benzene rings is 4. The average Bonchev–Trinajstić information content (AvgIpc) is 3.43. The Kier molecular flexibility index (Phi) is 10.2. The van der Waals surface area contributed by atoms with Gasteiger partial charge in [0.2, 0.25) is 11.1 Å². The highest BCUT2D eigenvalue weighted by Gasteiger charge is 2.36. The summed E-state index contributed by atoms with van der Waals surface area (Å²) in [5.74, 6) is 1.37. The van der Waals surface area contributed by atoms with E-state index >= 15 is 0 Å². The normalized spacial score (nSPS) is 14.1. The first-order chi connectivity index (χ1) is 22.6. The van der Waals surface area contributed by atoms with Gasteiger partial charge >= 0.3 is 0 Å². The Bertz CT molecular complexity index is 2030. The largest absolute Gasteiger partial charge is 0.488 e. The highest BCUT2D eigenvalue weighted by Crippen LogP contribution is 2.42. The Hall–Kier alpha value is -3.47. The number of aryl methyl sites for hydroxylation is 2. The van der Waals surface area contributed by atoms with Gasteiger partial charge in [0.25, 0.3) is 5.91 Å². The van der Waals surface area contributed by atoms with Crippen LogP contribution in [0.15, 0.2) is 99.8 Å². The number of amides is 1. The van der Waals surface area contributed by atoms with Gasteiger partial charge in [-0.25, -0.2) is 4.68 Å². The molecular weight excluding hydrogens is 741 g/mol. The van der Waals surface area contributed by atoms with Crippen molar-refractivity contribution >= 4 is 80.0 Å². The van der Waals surface area contributed by atoms with Gasteiger partial charge in [0.15, 0.2) is 0 Å². The molecule has 1 unspecified atom stereocenters. The third-order valence-electron chi connectivity index (χ3n) is 7.69. The van der Waals surface area contributed by atoms with Crippen LogP contribution in [0.5, 0.6) is 5.75 Å². The first-order valence-electron chi connectivity index (χ1n) is 14.6. The second-order valence-electron chi connectivity index (χ2n) is 11.1. The van der Waals surface area contributed by atoms with Crippen molar-refractivity contribution in [2.75, 3.05) is 10.6 Å². The number of carbonyl (C=O) groups is 1. The molecule has 0 aliphatic carbocycles. The molecule has 2 N–H and O–H groups in total. The van der Waals surface area contributed by atoms with Gasteiger partial charge in [-0.1, -0.05) is 104 Å². The summed E-state index contributed by atoms with van der Waals surface area (Å²) in [4.78, 5) is 19.0. The topological polar surface area (TPSA) is 81.1 Å². The van der Waals surface area contributed by atoms with Crippen LogP contribution in [-0.2, 0) is 17.2 Å². The molecule has 1 aromatic heterocycles. The molecule has 0 saturated carbocycles. The van der Waals surface area contributed by atoms with Crippen molar-refractivity contribution in [1.82, 2.24) is 14.8 Å². The number of halogens is 4. The van der Waals surface area contributed by atoms with Gasteiger partial charge in [0.05, 0.1) is 5.57 Å². The summed E-state index contributed by atoms with van der Waals surface area (Å²) in [5.41, 5.74) is 6.37. The number of ether oxygens (including phenoxy) is 1. The van der Waals surface area contributed by atoms with Crippen LogP contribution >= 0.6 is 62.5 Å². The third-order valence-corrected chi connectivity index (χ3v) is 10.0. The van der Waals surface area contributed by atoms with E-state index in [1.807, 2.05) is 87.5 Å². The molecule has 1 aliphatic rings. The predicted molar refractivity (Wildman–Crippen MR) is 195 cm³/mol. The lowest BCUT2D eigenvalue weighted by Crippen LogP contribution is -2.32. The number of nitrogens with zero attached hydrogens (tertiary/aromatic N) is 3. The monoisotopic (exact) mass is 767 g/mol. The fourth-order valence-electron chi connectivity index (χ4n) is 5.33. The molecule has 0 spiro atoms. The second-order valence-corrected chi connectivity index (χ2v) is 14.2. The van der Waals surface area contributed by atoms with Crippen LogP contribution in [0.2, 0.25) is 15.1 Å². The standard InChI is InChI=1S/C35H29BrCl3N5O2S/c1-19-8-12-29(20(2)14-19)41-33(45)31-21(3)40-34-42-35(47-18-23-6-4-5-7-27(23)38)43-44(34)32(31)26-15-24(36)10-13-30(26)46-17-22-9-11-25(37)16-28(22)39/h4-16,32H,17-18H2,1-3H3,(H,41,45)(H,40,42,43). The van der Waals surface area contributed by atoms with Crippen LogP contribution in [0.25, 0.3) is 0 Å². The van der Waals surface area contributed by atoms with Crippen molar-refractivity contribution in [3.63, 3.8) is 0 Å². The maximum Gasteiger partial charge on any atom is 0.255 e. The molecule has 1 aliphatic heterocycles. The Balaban J connectivity index is 1.41. The van der Waals surface area contributed by atoms with Gasteiger partial charge in [-0.05, 0) is 74.4 Å². The SMILES string of the molecule is CC1=C(C(=O)Nc2ccc(C)cc2C)C(c2cc(Br)ccc2OCc2ccc(Cl)cc2Cl)n2nc(SCc3ccccc3Cl)nc2N1. The Morgan fingerprint density at radius 3 is 2.55 bits per heavy atom. The van der Waals surface area contributed by atoms with Crippen LogP contribution in [0, 0.1) is 13.8 Å². The number of rotatable bonds is 9. The lowest BCUT2D eigenvalue weighted by Gasteiger charge is -2.30. The minimum atomic E-state index is -0.688. The lowest BCUT2D eigenvalue weighted by molar-refractivity contribution is -0.113. The molecule has 7 nitrogen and oxygen atoms in total. The highest BCUT2D eigenvalue weighted by molar-refractivity contribution is 9.10. The van der Waals surface area contributed by atoms with E-state index in [0.29, 0.717) is 54.5 Å². The lowest BCUT2D eigenvalue weighted by atomic mass is 9.94. The molecule has 47 heavy (non-hydrogen) atoms. The molecule has 0 fully saturated rings. The van der Waals surface area contributed by atoms with E-state index in [4.69, 9.17) is 49.6 Å². The zero-order chi connectivity index (χ0) is 33.2. The van der Waals surface area contributed by atoms with Gasteiger partial charge in [0.1, 0.15) is 18.4 Å². The molecule has 12 heteroatoms. The van der Waals surface area contributed by atoms with Gasteiger partial charge in [-0.2, -0.15) is 4.98 Å². The van der Waals surface area contributed by atoms with Crippen LogP contribution in [0.4, 0.5) is 11.6 Å². The maximum atomic E-state index is 14.2. The first-order valence-corrected chi connectivity index (χ1v) is 17.5. The first kappa shape index (κ1) is 33.4. The van der Waals surface area contributed by atoms with Crippen molar-refractivity contribution in [3.8, 4) is 5.75 Å². The van der Waals surface area contributed by atoms with E-state index in [9.17, 15) is 4.79 Å². The number of nitrogens with one attached hydrogen (secondary N) is 2. The fourth-order valence-corrected chi connectivity index (χ4v) is 7.29. The van der Waals surface area contributed by atoms with Crippen molar-refractivity contribution < 1.29 is 9.53 Å². The number of anilines is 2. The molecule has 0 saturated heterocycles. The summed E-state index contributed by atoms with van der Waals surface area (Å²) in [7, 11) is 0. The van der Waals surface area contributed by atoms with Crippen LogP contribution in [0.1, 0.15) is 40.8 Å². The van der Waals surface area contributed by atoms with Gasteiger partial charge in [-0.15, -0.1) is 5.10 Å². The highest BCUT2D eigenvalue weighted by atomic mass is 79.9. The summed E-state index contributed by atoms with van der Waals surface area (Å²) in [6, 6.07) is 23.9. The van der Waals surface area contributed by atoms with E-state index in [-0.39, 0.29) is 12.5 Å². The molecule has 0 radical (unpaired) electrons.